The summed E-state index contributed by atoms with van der Waals surface area (Å²) in [7, 11) is 3.13. The molecule has 1 N–H and O–H groups in total. The molecule has 2 aromatic rings. The van der Waals surface area contributed by atoms with Gasteiger partial charge in [-0.1, -0.05) is 0 Å². The average Bonchev–Trinajstić information content (AvgIpc) is 3.27. The van der Waals surface area contributed by atoms with E-state index in [-0.39, 0.29) is 25.5 Å². The second-order valence-electron chi connectivity index (χ2n) is 7.14. The van der Waals surface area contributed by atoms with Gasteiger partial charge in [0.2, 0.25) is 0 Å². The van der Waals surface area contributed by atoms with Crippen LogP contribution in [0.5, 0.6) is 11.5 Å². The number of imide groups is 1. The first-order valence-corrected chi connectivity index (χ1v) is 10.1. The minimum atomic E-state index is -0.956. The van der Waals surface area contributed by atoms with E-state index in [9.17, 15) is 14.4 Å². The van der Waals surface area contributed by atoms with E-state index in [1.54, 1.807) is 39.5 Å². The lowest BCUT2D eigenvalue weighted by Gasteiger charge is -2.15. The molecule has 10 heteroatoms. The zero-order valence-electron chi connectivity index (χ0n) is 17.2. The minimum absolute atomic E-state index is 0.00819. The molecule has 30 heavy (non-hydrogen) atoms. The summed E-state index contributed by atoms with van der Waals surface area (Å²) in [6.45, 7) is 3.21. The lowest BCUT2D eigenvalue weighted by Crippen LogP contribution is -2.40. The molecule has 1 aromatic carbocycles. The van der Waals surface area contributed by atoms with E-state index in [2.05, 4.69) is 10.3 Å². The highest BCUT2D eigenvalue weighted by molar-refractivity contribution is 7.13. The summed E-state index contributed by atoms with van der Waals surface area (Å²) in [5, 5.41) is 5.13. The van der Waals surface area contributed by atoms with Gasteiger partial charge in [0.05, 0.1) is 26.3 Å². The Morgan fingerprint density at radius 3 is 2.57 bits per heavy atom. The monoisotopic (exact) mass is 433 g/mol. The van der Waals surface area contributed by atoms with Crippen LogP contribution in [0.15, 0.2) is 23.6 Å². The molecule has 3 rings (SSSR count). The van der Waals surface area contributed by atoms with Crippen molar-refractivity contribution in [1.29, 1.82) is 0 Å². The van der Waals surface area contributed by atoms with E-state index in [1.807, 2.05) is 12.1 Å². The van der Waals surface area contributed by atoms with Gasteiger partial charge >= 0.3 is 12.0 Å². The Kier molecular flexibility index (Phi) is 6.25. The Bertz CT molecular complexity index is 971. The molecule has 0 bridgehead atoms. The molecule has 0 atom stereocenters. The third kappa shape index (κ3) is 4.54. The molecule has 1 fully saturated rings. The fourth-order valence-electron chi connectivity index (χ4n) is 2.93. The first-order valence-electron chi connectivity index (χ1n) is 9.21. The number of ether oxygens (including phenoxy) is 3. The fourth-order valence-corrected chi connectivity index (χ4v) is 3.73. The van der Waals surface area contributed by atoms with Gasteiger partial charge in [-0.2, -0.15) is 0 Å². The van der Waals surface area contributed by atoms with Crippen molar-refractivity contribution < 1.29 is 28.6 Å². The third-order valence-electron chi connectivity index (χ3n) is 4.55. The summed E-state index contributed by atoms with van der Waals surface area (Å²) >= 11 is 1.42. The molecule has 0 saturated carbocycles. The summed E-state index contributed by atoms with van der Waals surface area (Å²) in [6, 6.07) is 4.99. The van der Waals surface area contributed by atoms with Crippen molar-refractivity contribution in [2.75, 3.05) is 20.8 Å². The van der Waals surface area contributed by atoms with Crippen LogP contribution in [-0.4, -0.2) is 54.1 Å². The van der Waals surface area contributed by atoms with E-state index in [4.69, 9.17) is 14.2 Å². The number of thiazole rings is 1. The van der Waals surface area contributed by atoms with Crippen LogP contribution in [0.4, 0.5) is 4.79 Å². The van der Waals surface area contributed by atoms with Crippen molar-refractivity contribution in [1.82, 2.24) is 15.2 Å². The maximum atomic E-state index is 12.1. The first-order chi connectivity index (χ1) is 14.2. The lowest BCUT2D eigenvalue weighted by molar-refractivity contribution is -0.145. The van der Waals surface area contributed by atoms with E-state index in [0.717, 1.165) is 15.5 Å². The summed E-state index contributed by atoms with van der Waals surface area (Å²) in [5.41, 5.74) is 0.507. The number of nitrogens with zero attached hydrogens (tertiary/aromatic N) is 2. The number of rotatable bonds is 8. The number of nitrogens with one attached hydrogen (secondary N) is 1. The first kappa shape index (κ1) is 21.6. The quantitative estimate of drug-likeness (QED) is 0.504. The van der Waals surface area contributed by atoms with Crippen molar-refractivity contribution >= 4 is 29.2 Å². The topological polar surface area (TPSA) is 107 Å². The van der Waals surface area contributed by atoms with Crippen LogP contribution in [0, 0.1) is 0 Å². The largest absolute Gasteiger partial charge is 0.493 e. The Hall–Kier alpha value is -3.14. The van der Waals surface area contributed by atoms with Crippen molar-refractivity contribution in [2.24, 2.45) is 0 Å². The average molecular weight is 433 g/mol. The minimum Gasteiger partial charge on any atom is -0.493 e. The zero-order valence-corrected chi connectivity index (χ0v) is 18.0. The normalized spacial score (nSPS) is 15.1. The molecule has 0 spiro atoms. The van der Waals surface area contributed by atoms with Gasteiger partial charge in [0, 0.05) is 17.5 Å². The lowest BCUT2D eigenvalue weighted by atomic mass is 10.1. The highest BCUT2D eigenvalue weighted by Gasteiger charge is 2.44. The number of methoxy groups -OCH3 is 2. The number of esters is 1. The van der Waals surface area contributed by atoms with E-state index < -0.39 is 17.5 Å². The highest BCUT2D eigenvalue weighted by Crippen LogP contribution is 2.33. The van der Waals surface area contributed by atoms with Crippen molar-refractivity contribution in [3.8, 4) is 22.1 Å². The van der Waals surface area contributed by atoms with Gasteiger partial charge in [0.25, 0.3) is 5.91 Å². The predicted octanol–water partition coefficient (Wildman–Crippen LogP) is 2.59. The summed E-state index contributed by atoms with van der Waals surface area (Å²) in [5.74, 6) is 0.350. The fraction of sp³-hybridized carbons (Fsp3) is 0.400. The van der Waals surface area contributed by atoms with Gasteiger partial charge in [-0.25, -0.2) is 9.78 Å². The number of amides is 3. The maximum Gasteiger partial charge on any atom is 0.325 e. The number of hydrogen-bond donors (Lipinski definition) is 1. The molecule has 9 nitrogen and oxygen atoms in total. The number of benzene rings is 1. The molecule has 160 valence electrons. The van der Waals surface area contributed by atoms with Gasteiger partial charge in [-0.3, -0.25) is 14.5 Å². The predicted molar refractivity (Wildman–Crippen MR) is 109 cm³/mol. The summed E-state index contributed by atoms with van der Waals surface area (Å²) in [6.07, 6.45) is -0.0814. The maximum absolute atomic E-state index is 12.1. The number of carbonyl (C=O) groups is 3. The van der Waals surface area contributed by atoms with E-state index in [0.29, 0.717) is 17.2 Å². The molecule has 1 aromatic heterocycles. The standard InChI is InChI=1S/C20H23N3O6S/c1-20(2)18(25)23(19(26)22-20)8-7-16(24)29-10-13-11-30-17(21-13)12-5-6-14(27-3)15(9-12)28-4/h5-6,9,11H,7-8,10H2,1-4H3,(H,22,26). The Morgan fingerprint density at radius 1 is 1.20 bits per heavy atom. The Balaban J connectivity index is 1.54. The molecule has 3 amide bonds. The number of carbonyl (C=O) groups excluding carboxylic acids is 3. The molecular formula is C20H23N3O6S. The number of aromatic nitrogens is 1. The molecule has 0 aliphatic carbocycles. The molecule has 1 aliphatic rings. The van der Waals surface area contributed by atoms with Gasteiger partial charge in [0.15, 0.2) is 11.5 Å². The molecule has 0 unspecified atom stereocenters. The number of urea groups is 1. The summed E-state index contributed by atoms with van der Waals surface area (Å²) < 4.78 is 15.8. The van der Waals surface area contributed by atoms with Gasteiger partial charge in [-0.05, 0) is 32.0 Å². The second kappa shape index (κ2) is 8.70. The van der Waals surface area contributed by atoms with Crippen LogP contribution in [0.25, 0.3) is 10.6 Å². The summed E-state index contributed by atoms with van der Waals surface area (Å²) in [4.78, 5) is 41.5. The van der Waals surface area contributed by atoms with Gasteiger partial charge in [-0.15, -0.1) is 11.3 Å². The van der Waals surface area contributed by atoms with E-state index >= 15 is 0 Å². The van der Waals surface area contributed by atoms with Crippen LogP contribution in [0.3, 0.4) is 0 Å². The molecule has 1 aliphatic heterocycles. The number of hydrogen-bond acceptors (Lipinski definition) is 8. The Labute approximate surface area is 177 Å². The zero-order chi connectivity index (χ0) is 21.9. The van der Waals surface area contributed by atoms with Crippen molar-refractivity contribution in [3.63, 3.8) is 0 Å². The van der Waals surface area contributed by atoms with Crippen molar-refractivity contribution in [2.45, 2.75) is 32.4 Å². The molecular weight excluding hydrogens is 410 g/mol. The smallest absolute Gasteiger partial charge is 0.325 e. The van der Waals surface area contributed by atoms with Crippen LogP contribution < -0.4 is 14.8 Å². The van der Waals surface area contributed by atoms with Crippen molar-refractivity contribution in [3.05, 3.63) is 29.3 Å². The van der Waals surface area contributed by atoms with Crippen LogP contribution >= 0.6 is 11.3 Å². The SMILES string of the molecule is COc1ccc(-c2nc(COC(=O)CCN3C(=O)NC(C)(C)C3=O)cs2)cc1OC. The van der Waals surface area contributed by atoms with Crippen LogP contribution in [0.2, 0.25) is 0 Å². The second-order valence-corrected chi connectivity index (χ2v) is 7.99. The molecule has 2 heterocycles. The Morgan fingerprint density at radius 2 is 1.93 bits per heavy atom. The third-order valence-corrected chi connectivity index (χ3v) is 5.49. The highest BCUT2D eigenvalue weighted by atomic mass is 32.1. The molecule has 1 saturated heterocycles. The molecule has 0 radical (unpaired) electrons. The van der Waals surface area contributed by atoms with Crippen LogP contribution in [-0.2, 0) is 20.9 Å². The van der Waals surface area contributed by atoms with Crippen LogP contribution in [0.1, 0.15) is 26.0 Å². The van der Waals surface area contributed by atoms with Gasteiger partial charge in [0.1, 0.15) is 17.2 Å². The van der Waals surface area contributed by atoms with Gasteiger partial charge < -0.3 is 19.5 Å². The van der Waals surface area contributed by atoms with E-state index in [1.165, 1.54) is 11.3 Å².